The van der Waals surface area contributed by atoms with Crippen molar-refractivity contribution in [1.29, 1.82) is 0 Å². The first kappa shape index (κ1) is 11.1. The Morgan fingerprint density at radius 1 is 1.62 bits per heavy atom. The van der Waals surface area contributed by atoms with Gasteiger partial charge in [-0.15, -0.1) is 0 Å². The van der Waals surface area contributed by atoms with E-state index in [4.69, 9.17) is 16.7 Å². The Hall–Kier alpha value is -1.40. The van der Waals surface area contributed by atoms with Gasteiger partial charge in [-0.1, -0.05) is 11.6 Å². The predicted molar refractivity (Wildman–Crippen MR) is 58.6 cm³/mol. The van der Waals surface area contributed by atoms with Gasteiger partial charge in [-0.25, -0.2) is 4.98 Å². The van der Waals surface area contributed by atoms with Crippen LogP contribution in [0.25, 0.3) is 0 Å². The molecule has 0 radical (unpaired) electrons. The van der Waals surface area contributed by atoms with Crippen molar-refractivity contribution in [1.82, 2.24) is 4.98 Å². The van der Waals surface area contributed by atoms with Gasteiger partial charge in [-0.2, -0.15) is 0 Å². The highest BCUT2D eigenvalue weighted by Crippen LogP contribution is 2.28. The van der Waals surface area contributed by atoms with Gasteiger partial charge in [0.25, 0.3) is 5.69 Å². The van der Waals surface area contributed by atoms with Crippen LogP contribution in [-0.2, 0) is 0 Å². The minimum absolute atomic E-state index is 0.135. The van der Waals surface area contributed by atoms with E-state index in [0.29, 0.717) is 18.7 Å². The highest BCUT2D eigenvalue weighted by Gasteiger charge is 2.27. The largest absolute Gasteiger partial charge is 0.393 e. The first-order valence-electron chi connectivity index (χ1n) is 4.81. The molecule has 1 aromatic heterocycles. The number of aliphatic hydroxyl groups is 1. The number of hydrogen-bond acceptors (Lipinski definition) is 5. The SMILES string of the molecule is O=[N+]([O-])c1cnc(NC2CC(O)C2)c(Cl)c1. The summed E-state index contributed by atoms with van der Waals surface area (Å²) in [5, 5.41) is 22.8. The summed E-state index contributed by atoms with van der Waals surface area (Å²) in [6, 6.07) is 1.40. The molecule has 2 N–H and O–H groups in total. The van der Waals surface area contributed by atoms with Gasteiger partial charge in [-0.05, 0) is 12.8 Å². The molecule has 1 fully saturated rings. The lowest BCUT2D eigenvalue weighted by molar-refractivity contribution is -0.385. The lowest BCUT2D eigenvalue weighted by Crippen LogP contribution is -2.39. The maximum absolute atomic E-state index is 10.5. The second-order valence-corrected chi connectivity index (χ2v) is 4.15. The Morgan fingerprint density at radius 2 is 2.31 bits per heavy atom. The van der Waals surface area contributed by atoms with Gasteiger partial charge in [0.1, 0.15) is 12.0 Å². The fourth-order valence-electron chi connectivity index (χ4n) is 1.53. The summed E-state index contributed by atoms with van der Waals surface area (Å²) in [7, 11) is 0. The van der Waals surface area contributed by atoms with E-state index in [1.165, 1.54) is 6.07 Å². The fraction of sp³-hybridized carbons (Fsp3) is 0.444. The first-order valence-corrected chi connectivity index (χ1v) is 5.18. The van der Waals surface area contributed by atoms with Crippen molar-refractivity contribution in [3.63, 3.8) is 0 Å². The van der Waals surface area contributed by atoms with Gasteiger partial charge in [0, 0.05) is 12.1 Å². The zero-order valence-electron chi connectivity index (χ0n) is 8.26. The molecule has 2 rings (SSSR count). The summed E-state index contributed by atoms with van der Waals surface area (Å²) in [6.45, 7) is 0. The summed E-state index contributed by atoms with van der Waals surface area (Å²) in [4.78, 5) is 13.8. The van der Waals surface area contributed by atoms with Crippen molar-refractivity contribution in [2.45, 2.75) is 25.0 Å². The third-order valence-corrected chi connectivity index (χ3v) is 2.78. The second kappa shape index (κ2) is 4.23. The number of pyridine rings is 1. The Bertz CT molecular complexity index is 420. The van der Waals surface area contributed by atoms with E-state index < -0.39 is 4.92 Å². The molecule has 1 saturated carbocycles. The quantitative estimate of drug-likeness (QED) is 0.622. The molecule has 0 spiro atoms. The van der Waals surface area contributed by atoms with Crippen molar-refractivity contribution < 1.29 is 10.0 Å². The zero-order valence-corrected chi connectivity index (χ0v) is 9.02. The molecule has 1 aliphatic rings. The Kier molecular flexibility index (Phi) is 2.93. The van der Waals surface area contributed by atoms with E-state index >= 15 is 0 Å². The molecule has 0 aliphatic heterocycles. The molecule has 6 nitrogen and oxygen atoms in total. The van der Waals surface area contributed by atoms with Crippen LogP contribution < -0.4 is 5.32 Å². The highest BCUT2D eigenvalue weighted by atomic mass is 35.5. The van der Waals surface area contributed by atoms with Gasteiger partial charge < -0.3 is 10.4 Å². The number of aromatic nitrogens is 1. The molecule has 0 aromatic carbocycles. The minimum atomic E-state index is -0.546. The van der Waals surface area contributed by atoms with Gasteiger partial charge >= 0.3 is 0 Å². The average molecular weight is 244 g/mol. The van der Waals surface area contributed by atoms with Crippen LogP contribution in [0.2, 0.25) is 5.02 Å². The summed E-state index contributed by atoms with van der Waals surface area (Å²) in [5.41, 5.74) is -0.135. The van der Waals surface area contributed by atoms with Crippen LogP contribution in [0.4, 0.5) is 11.5 Å². The monoisotopic (exact) mass is 243 g/mol. The average Bonchev–Trinajstić information content (AvgIpc) is 2.18. The van der Waals surface area contributed by atoms with Crippen LogP contribution in [0.15, 0.2) is 12.3 Å². The number of hydrogen-bond donors (Lipinski definition) is 2. The molecular weight excluding hydrogens is 234 g/mol. The Balaban J connectivity index is 2.07. The third-order valence-electron chi connectivity index (χ3n) is 2.49. The van der Waals surface area contributed by atoms with Gasteiger partial charge in [0.2, 0.25) is 0 Å². The number of aliphatic hydroxyl groups excluding tert-OH is 1. The number of nitrogens with zero attached hydrogens (tertiary/aromatic N) is 2. The maximum Gasteiger partial charge on any atom is 0.289 e. The molecule has 1 aliphatic carbocycles. The smallest absolute Gasteiger partial charge is 0.289 e. The number of rotatable bonds is 3. The summed E-state index contributed by atoms with van der Waals surface area (Å²) >= 11 is 5.84. The van der Waals surface area contributed by atoms with Crippen LogP contribution in [0.5, 0.6) is 0 Å². The van der Waals surface area contributed by atoms with E-state index in [2.05, 4.69) is 10.3 Å². The normalized spacial score (nSPS) is 23.6. The van der Waals surface area contributed by atoms with E-state index in [-0.39, 0.29) is 22.9 Å². The van der Waals surface area contributed by atoms with E-state index in [0.717, 1.165) is 6.20 Å². The molecule has 1 aromatic rings. The van der Waals surface area contributed by atoms with E-state index in [1.807, 2.05) is 0 Å². The molecule has 0 unspecified atom stereocenters. The standard InChI is InChI=1S/C9H10ClN3O3/c10-8-3-6(13(15)16)4-11-9(8)12-5-1-7(14)2-5/h3-5,7,14H,1-2H2,(H,11,12). The van der Waals surface area contributed by atoms with Crippen LogP contribution in [0.1, 0.15) is 12.8 Å². The third kappa shape index (κ3) is 2.23. The van der Waals surface area contributed by atoms with Crippen LogP contribution in [0, 0.1) is 10.1 Å². The summed E-state index contributed by atoms with van der Waals surface area (Å²) in [6.07, 6.45) is 2.18. The lowest BCUT2D eigenvalue weighted by atomic mass is 9.89. The summed E-state index contributed by atoms with van der Waals surface area (Å²) < 4.78 is 0. The summed E-state index contributed by atoms with van der Waals surface area (Å²) in [5.74, 6) is 0.421. The highest BCUT2D eigenvalue weighted by molar-refractivity contribution is 6.33. The number of halogens is 1. The molecule has 7 heteroatoms. The van der Waals surface area contributed by atoms with Crippen molar-refractivity contribution in [2.75, 3.05) is 5.32 Å². The van der Waals surface area contributed by atoms with Crippen molar-refractivity contribution in [3.8, 4) is 0 Å². The molecule has 0 atom stereocenters. The fourth-order valence-corrected chi connectivity index (χ4v) is 1.75. The molecule has 0 bridgehead atoms. The molecule has 1 heterocycles. The van der Waals surface area contributed by atoms with Crippen molar-refractivity contribution in [2.24, 2.45) is 0 Å². The van der Waals surface area contributed by atoms with Crippen LogP contribution in [0.3, 0.4) is 0 Å². The Morgan fingerprint density at radius 3 is 2.81 bits per heavy atom. The number of nitro groups is 1. The number of nitrogens with one attached hydrogen (secondary N) is 1. The lowest BCUT2D eigenvalue weighted by Gasteiger charge is -2.32. The number of anilines is 1. The van der Waals surface area contributed by atoms with Gasteiger partial charge in [-0.3, -0.25) is 10.1 Å². The first-order chi connectivity index (χ1) is 7.56. The molecular formula is C9H10ClN3O3. The molecule has 0 saturated heterocycles. The zero-order chi connectivity index (χ0) is 11.7. The van der Waals surface area contributed by atoms with Crippen LogP contribution in [-0.4, -0.2) is 27.2 Å². The predicted octanol–water partition coefficient (Wildman–Crippen LogP) is 1.58. The molecule has 0 amide bonds. The molecule has 16 heavy (non-hydrogen) atoms. The van der Waals surface area contributed by atoms with Crippen molar-refractivity contribution in [3.05, 3.63) is 27.4 Å². The minimum Gasteiger partial charge on any atom is -0.393 e. The van der Waals surface area contributed by atoms with Gasteiger partial charge in [0.05, 0.1) is 16.0 Å². The van der Waals surface area contributed by atoms with E-state index in [1.54, 1.807) is 0 Å². The van der Waals surface area contributed by atoms with Gasteiger partial charge in [0.15, 0.2) is 0 Å². The maximum atomic E-state index is 10.5. The second-order valence-electron chi connectivity index (χ2n) is 3.75. The van der Waals surface area contributed by atoms with E-state index in [9.17, 15) is 10.1 Å². The Labute approximate surface area is 96.4 Å². The topological polar surface area (TPSA) is 88.3 Å². The molecule has 86 valence electrons. The van der Waals surface area contributed by atoms with Crippen molar-refractivity contribution >= 4 is 23.1 Å². The van der Waals surface area contributed by atoms with Crippen LogP contribution >= 0.6 is 11.6 Å².